The molecular weight excluding hydrogens is 420 g/mol. The van der Waals surface area contributed by atoms with Crippen LogP contribution in [0.4, 0.5) is 0 Å². The Labute approximate surface area is 181 Å². The monoisotopic (exact) mass is 440 g/mol. The van der Waals surface area contributed by atoms with Crippen LogP contribution < -0.4 is 10.3 Å². The molecule has 0 N–H and O–H groups in total. The molecule has 0 fully saturated rings. The lowest BCUT2D eigenvalue weighted by molar-refractivity contribution is 0.0531. The van der Waals surface area contributed by atoms with Gasteiger partial charge in [0.05, 0.1) is 30.5 Å². The van der Waals surface area contributed by atoms with Crippen LogP contribution in [0.2, 0.25) is 0 Å². The smallest absolute Gasteiger partial charge is 0.348 e. The summed E-state index contributed by atoms with van der Waals surface area (Å²) in [6.45, 7) is 6.17. The largest absolute Gasteiger partial charge is 0.493 e. The van der Waals surface area contributed by atoms with E-state index in [1.54, 1.807) is 13.8 Å². The van der Waals surface area contributed by atoms with E-state index in [0.717, 1.165) is 11.3 Å². The number of ether oxygens (including phenoxy) is 2. The molecule has 1 aromatic carbocycles. The van der Waals surface area contributed by atoms with Gasteiger partial charge >= 0.3 is 5.97 Å². The SMILES string of the molecule is CCOC(=O)c1sc2ncn(Cc3nc(-c4ccccc4OCC)no3)c(=O)c2c1C. The summed E-state index contributed by atoms with van der Waals surface area (Å²) in [7, 11) is 0. The third-order valence-corrected chi connectivity index (χ3v) is 5.76. The Morgan fingerprint density at radius 3 is 2.81 bits per heavy atom. The van der Waals surface area contributed by atoms with E-state index in [0.29, 0.717) is 44.4 Å². The quantitative estimate of drug-likeness (QED) is 0.402. The van der Waals surface area contributed by atoms with Gasteiger partial charge in [-0.25, -0.2) is 9.78 Å². The minimum Gasteiger partial charge on any atom is -0.493 e. The fraction of sp³-hybridized carbons (Fsp3) is 0.286. The third kappa shape index (κ3) is 3.93. The number of aromatic nitrogens is 4. The Kier molecular flexibility index (Phi) is 5.81. The zero-order chi connectivity index (χ0) is 22.0. The second-order valence-corrected chi connectivity index (χ2v) is 7.57. The van der Waals surface area contributed by atoms with Gasteiger partial charge in [0.2, 0.25) is 11.7 Å². The molecule has 0 aliphatic rings. The normalized spacial score (nSPS) is 11.1. The number of carbonyl (C=O) groups is 1. The number of para-hydroxylation sites is 1. The lowest BCUT2D eigenvalue weighted by Crippen LogP contribution is -2.21. The van der Waals surface area contributed by atoms with Crippen molar-refractivity contribution < 1.29 is 18.8 Å². The molecule has 10 heteroatoms. The molecule has 0 bridgehead atoms. The average molecular weight is 440 g/mol. The first kappa shape index (κ1) is 20.7. The van der Waals surface area contributed by atoms with Crippen molar-refractivity contribution in [2.24, 2.45) is 0 Å². The summed E-state index contributed by atoms with van der Waals surface area (Å²) in [5, 5.41) is 4.41. The number of hydrogen-bond donors (Lipinski definition) is 0. The number of esters is 1. The fourth-order valence-corrected chi connectivity index (χ4v) is 4.20. The Morgan fingerprint density at radius 2 is 2.03 bits per heavy atom. The maximum absolute atomic E-state index is 13.0. The van der Waals surface area contributed by atoms with Gasteiger partial charge in [-0.3, -0.25) is 9.36 Å². The molecule has 31 heavy (non-hydrogen) atoms. The first-order valence-electron chi connectivity index (χ1n) is 9.73. The van der Waals surface area contributed by atoms with Gasteiger partial charge in [0, 0.05) is 0 Å². The minimum absolute atomic E-state index is 0.0512. The summed E-state index contributed by atoms with van der Waals surface area (Å²) in [6.07, 6.45) is 1.41. The highest BCUT2D eigenvalue weighted by atomic mass is 32.1. The maximum atomic E-state index is 13.0. The molecule has 0 atom stereocenters. The number of benzene rings is 1. The van der Waals surface area contributed by atoms with Crippen LogP contribution in [-0.2, 0) is 11.3 Å². The molecule has 4 aromatic rings. The van der Waals surface area contributed by atoms with Crippen molar-refractivity contribution in [3.05, 3.63) is 57.3 Å². The summed E-state index contributed by atoms with van der Waals surface area (Å²) >= 11 is 1.14. The van der Waals surface area contributed by atoms with E-state index in [9.17, 15) is 9.59 Å². The molecule has 0 unspecified atom stereocenters. The summed E-state index contributed by atoms with van der Waals surface area (Å²) < 4.78 is 17.4. The predicted octanol–water partition coefficient (Wildman–Crippen LogP) is 3.44. The van der Waals surface area contributed by atoms with Crippen molar-refractivity contribution in [1.29, 1.82) is 0 Å². The number of rotatable bonds is 7. The van der Waals surface area contributed by atoms with Crippen LogP contribution in [0.3, 0.4) is 0 Å². The molecule has 3 aromatic heterocycles. The number of thiophene rings is 1. The Bertz CT molecular complexity index is 1310. The van der Waals surface area contributed by atoms with Crippen LogP contribution in [-0.4, -0.2) is 38.9 Å². The zero-order valence-electron chi connectivity index (χ0n) is 17.2. The molecule has 0 radical (unpaired) electrons. The Hall–Kier alpha value is -3.53. The van der Waals surface area contributed by atoms with E-state index in [-0.39, 0.29) is 24.6 Å². The van der Waals surface area contributed by atoms with Gasteiger partial charge < -0.3 is 14.0 Å². The van der Waals surface area contributed by atoms with Crippen LogP contribution in [0.15, 0.2) is 39.9 Å². The average Bonchev–Trinajstić information content (AvgIpc) is 3.36. The number of hydrogen-bond acceptors (Lipinski definition) is 9. The zero-order valence-corrected chi connectivity index (χ0v) is 18.1. The second kappa shape index (κ2) is 8.68. The van der Waals surface area contributed by atoms with Gasteiger partial charge in [-0.1, -0.05) is 17.3 Å². The van der Waals surface area contributed by atoms with Crippen LogP contribution in [0.1, 0.15) is 35.0 Å². The minimum atomic E-state index is -0.455. The Morgan fingerprint density at radius 1 is 1.23 bits per heavy atom. The van der Waals surface area contributed by atoms with E-state index in [1.165, 1.54) is 10.9 Å². The van der Waals surface area contributed by atoms with Gasteiger partial charge in [0.15, 0.2) is 0 Å². The van der Waals surface area contributed by atoms with Crippen molar-refractivity contribution in [3.63, 3.8) is 0 Å². The molecule has 0 amide bonds. The topological polar surface area (TPSA) is 109 Å². The lowest BCUT2D eigenvalue weighted by atomic mass is 10.2. The van der Waals surface area contributed by atoms with Crippen molar-refractivity contribution in [2.75, 3.05) is 13.2 Å². The predicted molar refractivity (Wildman–Crippen MR) is 115 cm³/mol. The molecule has 3 heterocycles. The Balaban J connectivity index is 1.66. The number of fused-ring (bicyclic) bond motifs is 1. The van der Waals surface area contributed by atoms with Crippen LogP contribution in [0.25, 0.3) is 21.6 Å². The molecular formula is C21H20N4O5S. The number of nitrogens with zero attached hydrogens (tertiary/aromatic N) is 4. The van der Waals surface area contributed by atoms with E-state index in [2.05, 4.69) is 15.1 Å². The summed E-state index contributed by atoms with van der Waals surface area (Å²) in [5.74, 6) is 0.821. The van der Waals surface area contributed by atoms with Gasteiger partial charge in [-0.15, -0.1) is 11.3 Å². The van der Waals surface area contributed by atoms with E-state index in [4.69, 9.17) is 14.0 Å². The molecule has 9 nitrogen and oxygen atoms in total. The van der Waals surface area contributed by atoms with Gasteiger partial charge in [0.25, 0.3) is 5.56 Å². The number of aryl methyl sites for hydroxylation is 1. The highest BCUT2D eigenvalue weighted by Crippen LogP contribution is 2.29. The molecule has 160 valence electrons. The van der Waals surface area contributed by atoms with E-state index in [1.807, 2.05) is 31.2 Å². The second-order valence-electron chi connectivity index (χ2n) is 6.58. The van der Waals surface area contributed by atoms with Crippen LogP contribution in [0.5, 0.6) is 5.75 Å². The lowest BCUT2D eigenvalue weighted by Gasteiger charge is -2.06. The molecule has 0 spiro atoms. The highest BCUT2D eigenvalue weighted by Gasteiger charge is 2.21. The molecule has 4 rings (SSSR count). The van der Waals surface area contributed by atoms with E-state index >= 15 is 0 Å². The third-order valence-electron chi connectivity index (χ3n) is 4.58. The summed E-state index contributed by atoms with van der Waals surface area (Å²) in [4.78, 5) is 34.8. The van der Waals surface area contributed by atoms with Crippen LogP contribution >= 0.6 is 11.3 Å². The maximum Gasteiger partial charge on any atom is 0.348 e. The summed E-state index contributed by atoms with van der Waals surface area (Å²) in [6, 6.07) is 7.39. The van der Waals surface area contributed by atoms with Crippen molar-refractivity contribution in [1.82, 2.24) is 19.7 Å². The molecule has 0 saturated heterocycles. The molecule has 0 aliphatic carbocycles. The highest BCUT2D eigenvalue weighted by molar-refractivity contribution is 7.20. The first-order chi connectivity index (χ1) is 15.0. The van der Waals surface area contributed by atoms with Crippen molar-refractivity contribution >= 4 is 27.5 Å². The molecule has 0 saturated carbocycles. The standard InChI is InChI=1S/C21H20N4O5S/c1-4-28-14-9-7-6-8-13(14)18-23-15(30-24-18)10-25-11-22-19-16(20(25)26)12(3)17(31-19)21(27)29-5-2/h6-9,11H,4-5,10H2,1-3H3. The first-order valence-corrected chi connectivity index (χ1v) is 10.6. The van der Waals surface area contributed by atoms with Gasteiger partial charge in [0.1, 0.15) is 22.0 Å². The van der Waals surface area contributed by atoms with Gasteiger partial charge in [-0.2, -0.15) is 4.98 Å². The van der Waals surface area contributed by atoms with Gasteiger partial charge in [-0.05, 0) is 38.5 Å². The summed E-state index contributed by atoms with van der Waals surface area (Å²) in [5.41, 5.74) is 0.971. The van der Waals surface area contributed by atoms with Crippen molar-refractivity contribution in [3.8, 4) is 17.1 Å². The van der Waals surface area contributed by atoms with Crippen LogP contribution in [0, 0.1) is 6.92 Å². The van der Waals surface area contributed by atoms with E-state index < -0.39 is 5.97 Å². The molecule has 0 aliphatic heterocycles. The fourth-order valence-electron chi connectivity index (χ4n) is 3.17. The number of carbonyl (C=O) groups excluding carboxylic acids is 1. The van der Waals surface area contributed by atoms with Crippen molar-refractivity contribution in [2.45, 2.75) is 27.3 Å².